The van der Waals surface area contributed by atoms with Gasteiger partial charge in [0.2, 0.25) is 5.91 Å². The van der Waals surface area contributed by atoms with Gasteiger partial charge in [-0.25, -0.2) is 0 Å². The molecule has 0 spiro atoms. The molecule has 0 saturated heterocycles. The SMILES string of the molecule is CCc1ccccc1NC(=O)CNC(=O)COc1ccc2oc3c(c2c1)CCCC3. The van der Waals surface area contributed by atoms with Crippen LogP contribution in [0.15, 0.2) is 46.9 Å². The lowest BCUT2D eigenvalue weighted by atomic mass is 9.96. The molecular formula is C24H26N2O4. The van der Waals surface area contributed by atoms with Crippen molar-refractivity contribution in [3.05, 3.63) is 59.4 Å². The van der Waals surface area contributed by atoms with E-state index in [1.165, 1.54) is 12.0 Å². The minimum atomic E-state index is -0.344. The van der Waals surface area contributed by atoms with Gasteiger partial charge in [-0.05, 0) is 55.5 Å². The standard InChI is InChI=1S/C24H26N2O4/c1-2-16-7-3-5-9-20(16)26-23(27)14-25-24(28)15-29-17-11-12-22-19(13-17)18-8-4-6-10-21(18)30-22/h3,5,7,9,11-13H,2,4,6,8,10,14-15H2,1H3,(H,25,28)(H,26,27). The molecule has 0 unspecified atom stereocenters. The number of benzene rings is 2. The summed E-state index contributed by atoms with van der Waals surface area (Å²) < 4.78 is 11.6. The topological polar surface area (TPSA) is 80.6 Å². The summed E-state index contributed by atoms with van der Waals surface area (Å²) in [5, 5.41) is 6.50. The lowest BCUT2D eigenvalue weighted by molar-refractivity contribution is -0.125. The molecule has 0 saturated carbocycles. The minimum absolute atomic E-state index is 0.103. The van der Waals surface area contributed by atoms with Crippen molar-refractivity contribution in [2.45, 2.75) is 39.0 Å². The Morgan fingerprint density at radius 2 is 1.90 bits per heavy atom. The Morgan fingerprint density at radius 3 is 2.77 bits per heavy atom. The van der Waals surface area contributed by atoms with Crippen molar-refractivity contribution >= 4 is 28.5 Å². The van der Waals surface area contributed by atoms with E-state index in [4.69, 9.17) is 9.15 Å². The molecule has 1 aromatic heterocycles. The van der Waals surface area contributed by atoms with E-state index in [2.05, 4.69) is 10.6 Å². The second-order valence-electron chi connectivity index (χ2n) is 7.49. The molecule has 2 aromatic carbocycles. The van der Waals surface area contributed by atoms with Gasteiger partial charge >= 0.3 is 0 Å². The van der Waals surface area contributed by atoms with E-state index in [0.29, 0.717) is 5.75 Å². The van der Waals surface area contributed by atoms with Crippen LogP contribution in [-0.2, 0) is 28.9 Å². The summed E-state index contributed by atoms with van der Waals surface area (Å²) in [7, 11) is 0. The number of carbonyl (C=O) groups excluding carboxylic acids is 2. The van der Waals surface area contributed by atoms with Crippen LogP contribution in [0.25, 0.3) is 11.0 Å². The van der Waals surface area contributed by atoms with Crippen LogP contribution >= 0.6 is 0 Å². The molecule has 1 aliphatic rings. The number of carbonyl (C=O) groups is 2. The molecular weight excluding hydrogens is 380 g/mol. The van der Waals surface area contributed by atoms with Crippen LogP contribution in [-0.4, -0.2) is 25.0 Å². The zero-order valence-electron chi connectivity index (χ0n) is 17.1. The maximum absolute atomic E-state index is 12.1. The zero-order valence-corrected chi connectivity index (χ0v) is 17.1. The van der Waals surface area contributed by atoms with Crippen molar-refractivity contribution in [1.82, 2.24) is 5.32 Å². The summed E-state index contributed by atoms with van der Waals surface area (Å²) >= 11 is 0. The number of para-hydroxylation sites is 1. The third-order valence-electron chi connectivity index (χ3n) is 5.41. The van der Waals surface area contributed by atoms with Crippen LogP contribution in [0.2, 0.25) is 0 Å². The van der Waals surface area contributed by atoms with Crippen molar-refractivity contribution < 1.29 is 18.7 Å². The maximum atomic E-state index is 12.1. The lowest BCUT2D eigenvalue weighted by Gasteiger charge is -2.11. The molecule has 0 bridgehead atoms. The molecule has 4 rings (SSSR count). The van der Waals surface area contributed by atoms with Gasteiger partial charge in [-0.3, -0.25) is 9.59 Å². The zero-order chi connectivity index (χ0) is 20.9. The van der Waals surface area contributed by atoms with Gasteiger partial charge in [-0.1, -0.05) is 25.1 Å². The second kappa shape index (κ2) is 9.03. The van der Waals surface area contributed by atoms with Crippen molar-refractivity contribution in [2.75, 3.05) is 18.5 Å². The molecule has 0 fully saturated rings. The van der Waals surface area contributed by atoms with Gasteiger partial charge in [0.1, 0.15) is 17.1 Å². The number of amides is 2. The molecule has 30 heavy (non-hydrogen) atoms. The van der Waals surface area contributed by atoms with Crippen molar-refractivity contribution in [3.63, 3.8) is 0 Å². The van der Waals surface area contributed by atoms with Gasteiger partial charge in [0.15, 0.2) is 6.61 Å². The third kappa shape index (κ3) is 4.48. The van der Waals surface area contributed by atoms with Gasteiger partial charge in [0.05, 0.1) is 6.54 Å². The Bertz CT molecular complexity index is 1070. The summed E-state index contributed by atoms with van der Waals surface area (Å²) in [6, 6.07) is 13.3. The number of hydrogen-bond acceptors (Lipinski definition) is 4. The summed E-state index contributed by atoms with van der Waals surface area (Å²) in [6.45, 7) is 1.78. The van der Waals surface area contributed by atoms with E-state index >= 15 is 0 Å². The predicted octanol–water partition coefficient (Wildman–Crippen LogP) is 4.01. The van der Waals surface area contributed by atoms with E-state index < -0.39 is 0 Å². The number of hydrogen-bond donors (Lipinski definition) is 2. The van der Waals surface area contributed by atoms with E-state index in [-0.39, 0.29) is 25.0 Å². The number of ether oxygens (including phenoxy) is 1. The molecule has 156 valence electrons. The Balaban J connectivity index is 1.29. The van der Waals surface area contributed by atoms with E-state index in [1.807, 2.05) is 43.3 Å². The molecule has 0 atom stereocenters. The molecule has 6 heteroatoms. The average molecular weight is 406 g/mol. The highest BCUT2D eigenvalue weighted by molar-refractivity contribution is 5.95. The monoisotopic (exact) mass is 406 g/mol. The normalized spacial score (nSPS) is 13.0. The summed E-state index contributed by atoms with van der Waals surface area (Å²) in [5.41, 5.74) is 3.95. The van der Waals surface area contributed by atoms with Crippen LogP contribution in [0.5, 0.6) is 5.75 Å². The molecule has 1 heterocycles. The number of aryl methyl sites for hydroxylation is 3. The predicted molar refractivity (Wildman–Crippen MR) is 116 cm³/mol. The molecule has 3 aromatic rings. The lowest BCUT2D eigenvalue weighted by Crippen LogP contribution is -2.35. The van der Waals surface area contributed by atoms with E-state index in [0.717, 1.165) is 53.7 Å². The van der Waals surface area contributed by atoms with Gasteiger partial charge in [0, 0.05) is 23.1 Å². The molecule has 0 aliphatic heterocycles. The van der Waals surface area contributed by atoms with Crippen molar-refractivity contribution in [3.8, 4) is 5.75 Å². The number of fused-ring (bicyclic) bond motifs is 3. The fourth-order valence-corrected chi connectivity index (χ4v) is 3.86. The first-order valence-corrected chi connectivity index (χ1v) is 10.5. The Labute approximate surface area is 175 Å². The van der Waals surface area contributed by atoms with Crippen LogP contribution < -0.4 is 15.4 Å². The Morgan fingerprint density at radius 1 is 1.07 bits per heavy atom. The van der Waals surface area contributed by atoms with Crippen LogP contribution in [0.4, 0.5) is 5.69 Å². The van der Waals surface area contributed by atoms with Gasteiger partial charge < -0.3 is 19.8 Å². The average Bonchev–Trinajstić information content (AvgIpc) is 3.14. The highest BCUT2D eigenvalue weighted by Crippen LogP contribution is 2.33. The second-order valence-corrected chi connectivity index (χ2v) is 7.49. The molecule has 1 aliphatic carbocycles. The largest absolute Gasteiger partial charge is 0.484 e. The van der Waals surface area contributed by atoms with Gasteiger partial charge in [-0.15, -0.1) is 0 Å². The van der Waals surface area contributed by atoms with E-state index in [1.54, 1.807) is 6.07 Å². The Hall–Kier alpha value is -3.28. The number of anilines is 1. The number of nitrogens with one attached hydrogen (secondary N) is 2. The highest BCUT2D eigenvalue weighted by atomic mass is 16.5. The van der Waals surface area contributed by atoms with Crippen LogP contribution in [0.1, 0.15) is 36.7 Å². The van der Waals surface area contributed by atoms with Crippen LogP contribution in [0, 0.1) is 0 Å². The van der Waals surface area contributed by atoms with E-state index in [9.17, 15) is 9.59 Å². The number of rotatable bonds is 7. The Kier molecular flexibility index (Phi) is 6.02. The minimum Gasteiger partial charge on any atom is -0.484 e. The summed E-state index contributed by atoms with van der Waals surface area (Å²) in [4.78, 5) is 24.2. The summed E-state index contributed by atoms with van der Waals surface area (Å²) in [6.07, 6.45) is 5.14. The van der Waals surface area contributed by atoms with Crippen molar-refractivity contribution in [2.24, 2.45) is 0 Å². The third-order valence-corrected chi connectivity index (χ3v) is 5.41. The summed E-state index contributed by atoms with van der Waals surface area (Å²) in [5.74, 6) is 1.08. The van der Waals surface area contributed by atoms with Gasteiger partial charge in [0.25, 0.3) is 5.91 Å². The quantitative estimate of drug-likeness (QED) is 0.621. The van der Waals surface area contributed by atoms with Crippen LogP contribution in [0.3, 0.4) is 0 Å². The molecule has 2 amide bonds. The number of furan rings is 1. The first-order chi connectivity index (χ1) is 14.6. The maximum Gasteiger partial charge on any atom is 0.258 e. The first-order valence-electron chi connectivity index (χ1n) is 10.5. The first kappa shape index (κ1) is 20.0. The smallest absolute Gasteiger partial charge is 0.258 e. The van der Waals surface area contributed by atoms with Crippen molar-refractivity contribution in [1.29, 1.82) is 0 Å². The highest BCUT2D eigenvalue weighted by Gasteiger charge is 2.18. The fraction of sp³-hybridized carbons (Fsp3) is 0.333. The molecule has 6 nitrogen and oxygen atoms in total. The molecule has 2 N–H and O–H groups in total. The fourth-order valence-electron chi connectivity index (χ4n) is 3.86. The molecule has 0 radical (unpaired) electrons. The van der Waals surface area contributed by atoms with Gasteiger partial charge in [-0.2, -0.15) is 0 Å².